The van der Waals surface area contributed by atoms with Gasteiger partial charge >= 0.3 is 5.97 Å². The summed E-state index contributed by atoms with van der Waals surface area (Å²) < 4.78 is 36.1. The molecule has 3 amide bonds. The minimum atomic E-state index is -1.25. The highest BCUT2D eigenvalue weighted by Gasteiger charge is 2.68. The van der Waals surface area contributed by atoms with Crippen LogP contribution < -0.4 is 15.6 Å². The van der Waals surface area contributed by atoms with Crippen LogP contribution in [-0.4, -0.2) is 213 Å². The van der Waals surface area contributed by atoms with Crippen LogP contribution in [0.5, 0.6) is 0 Å². The molecule has 3 aromatic rings. The molecule has 0 radical (unpaired) electrons. The Morgan fingerprint density at radius 2 is 1.77 bits per heavy atom. The Hall–Kier alpha value is -4.64. The number of pyridine rings is 1. The Kier molecular flexibility index (Phi) is 17.3. The number of hydrogen-bond donors (Lipinski definition) is 2. The van der Waals surface area contributed by atoms with E-state index in [9.17, 15) is 14.1 Å². The van der Waals surface area contributed by atoms with E-state index >= 15 is 9.59 Å². The highest BCUT2D eigenvalue weighted by Crippen LogP contribution is 2.52. The number of benzene rings is 1. The standard InChI is InChI=1S/C67H97N11O8S/c1-9-76-55-21-20-46-32-50(55)52(59(76)51-33-48(35-68-56(51)43(2)84-8)73-29-28-72-30-31-85-39-49(72)37-73)34-66(6,7)42-86-64(82)53-17-13-25-77(70-53)62(80)54(38-71-24-12-16-47(46)36-71)69-61(79)58(44-14-10-11-15-44)74-26-22-67(40-74)23-27-75(41-67)63(81)60-57(45-18-19-45)78(60)87(83)65(3,4)5/h16,20-21,32-33,35,43-45,49,53-54,57-58,60,70H,9-15,17-19,22-31,34,36-42H2,1-8H3,(H,69,79)/t43-,49-,53-,54-,57+,58-,60+,67-,78?,87?/m0/s1. The smallest absolute Gasteiger partial charge is 0.324 e. The van der Waals surface area contributed by atoms with Crippen molar-refractivity contribution in [3.05, 3.63) is 53.4 Å². The summed E-state index contributed by atoms with van der Waals surface area (Å²) in [6, 6.07) is 7.25. The number of hydrogen-bond acceptors (Lipinski definition) is 15. The Balaban J connectivity index is 0.793. The maximum absolute atomic E-state index is 15.5. The molecule has 19 nitrogen and oxygen atoms in total. The van der Waals surface area contributed by atoms with Gasteiger partial charge in [-0.1, -0.05) is 38.8 Å². The summed E-state index contributed by atoms with van der Waals surface area (Å²) >= 11 is -1.25. The monoisotopic (exact) mass is 1220 g/mol. The van der Waals surface area contributed by atoms with E-state index in [0.717, 1.165) is 149 Å². The second kappa shape index (κ2) is 24.5. The van der Waals surface area contributed by atoms with Crippen LogP contribution in [0.4, 0.5) is 5.69 Å². The highest BCUT2D eigenvalue weighted by molar-refractivity contribution is 7.90. The molecular weight excluding hydrogens is 1120 g/mol. The van der Waals surface area contributed by atoms with Crippen molar-refractivity contribution >= 4 is 57.2 Å². The van der Waals surface area contributed by atoms with Gasteiger partial charge in [-0.05, 0) is 152 Å². The number of carbonyl (C=O) groups is 4. The molecule has 3 unspecified atom stereocenters. The first-order chi connectivity index (χ1) is 41.8. The molecule has 2 aliphatic carbocycles. The van der Waals surface area contributed by atoms with Crippen molar-refractivity contribution in [2.75, 3.05) is 110 Å². The first kappa shape index (κ1) is 61.2. The second-order valence-electron chi connectivity index (χ2n) is 29.3. The third kappa shape index (κ3) is 12.3. The molecular formula is C67H97N11O8S. The van der Waals surface area contributed by atoms with Gasteiger partial charge in [0, 0.05) is 124 Å². The average Bonchev–Trinajstić information content (AvgIpc) is 1.59. The summed E-state index contributed by atoms with van der Waals surface area (Å²) in [5, 5.41) is 6.17. The van der Waals surface area contributed by atoms with E-state index in [1.165, 1.54) is 11.1 Å². The zero-order chi connectivity index (χ0) is 60.7. The summed E-state index contributed by atoms with van der Waals surface area (Å²) in [7, 11) is 1.75. The number of likely N-dealkylation sites (tertiary alicyclic amines) is 2. The lowest BCUT2D eigenvalue weighted by Crippen LogP contribution is -2.63. The van der Waals surface area contributed by atoms with Crippen molar-refractivity contribution in [2.24, 2.45) is 22.7 Å². The number of nitrogens with zero attached hydrogens (tertiary/aromatic N) is 9. The fourth-order valence-electron chi connectivity index (χ4n) is 16.5. The molecule has 87 heavy (non-hydrogen) atoms. The van der Waals surface area contributed by atoms with E-state index in [-0.39, 0.29) is 53.8 Å². The number of carbonyl (C=O) groups excluding carboxylic acids is 4. The van der Waals surface area contributed by atoms with E-state index < -0.39 is 45.6 Å². The molecule has 13 rings (SSSR count). The molecule has 11 atom stereocenters. The molecule has 20 heteroatoms. The number of aryl methyl sites for hydroxylation is 1. The molecule has 8 aliphatic heterocycles. The quantitative estimate of drug-likeness (QED) is 0.113. The Bertz CT molecular complexity index is 3120. The number of piperazine rings is 1. The molecule has 1 aromatic carbocycles. The second-order valence-corrected chi connectivity index (χ2v) is 31.5. The molecule has 474 valence electrons. The van der Waals surface area contributed by atoms with Gasteiger partial charge in [-0.3, -0.25) is 43.9 Å². The largest absolute Gasteiger partial charge is 0.597 e. The summed E-state index contributed by atoms with van der Waals surface area (Å²) in [5.74, 6) is -0.0400. The zero-order valence-corrected chi connectivity index (χ0v) is 54.0. The van der Waals surface area contributed by atoms with E-state index in [0.29, 0.717) is 77.0 Å². The van der Waals surface area contributed by atoms with E-state index in [2.05, 4.69) is 92.9 Å². The number of methoxy groups -OCH3 is 1. The Morgan fingerprint density at radius 3 is 2.54 bits per heavy atom. The summed E-state index contributed by atoms with van der Waals surface area (Å²) in [5.41, 5.74) is 11.4. The van der Waals surface area contributed by atoms with E-state index in [1.807, 2.05) is 36.2 Å². The van der Waals surface area contributed by atoms with Gasteiger partial charge in [0.1, 0.15) is 16.8 Å². The third-order valence-corrected chi connectivity index (χ3v) is 23.3. The first-order valence-corrected chi connectivity index (χ1v) is 34.4. The summed E-state index contributed by atoms with van der Waals surface area (Å²) in [4.78, 5) is 76.7. The maximum atomic E-state index is 15.5. The maximum Gasteiger partial charge on any atom is 0.324 e. The van der Waals surface area contributed by atoms with Gasteiger partial charge in [0.2, 0.25) is 11.8 Å². The van der Waals surface area contributed by atoms with Crippen molar-refractivity contribution in [3.63, 3.8) is 0 Å². The molecule has 6 bridgehead atoms. The molecule has 6 saturated heterocycles. The van der Waals surface area contributed by atoms with Gasteiger partial charge in [0.25, 0.3) is 5.91 Å². The molecule has 2 aromatic heterocycles. The Morgan fingerprint density at radius 1 is 0.966 bits per heavy atom. The molecule has 8 fully saturated rings. The molecule has 10 aliphatic rings. The number of esters is 1. The van der Waals surface area contributed by atoms with E-state index in [4.69, 9.17) is 19.2 Å². The van der Waals surface area contributed by atoms with Crippen LogP contribution in [0, 0.1) is 22.7 Å². The van der Waals surface area contributed by atoms with Crippen LogP contribution in [-0.2, 0) is 57.7 Å². The van der Waals surface area contributed by atoms with Crippen LogP contribution in [0.3, 0.4) is 0 Å². The van der Waals surface area contributed by atoms with Crippen LogP contribution in [0.15, 0.2) is 36.5 Å². The Labute approximate surface area is 518 Å². The number of aromatic nitrogens is 2. The lowest BCUT2D eigenvalue weighted by Gasteiger charge is -2.44. The zero-order valence-electron chi connectivity index (χ0n) is 53.2. The fraction of sp³-hybridized carbons (Fsp3) is 0.716. The summed E-state index contributed by atoms with van der Waals surface area (Å²) in [6.45, 7) is 25.5. The lowest BCUT2D eigenvalue weighted by atomic mass is 9.84. The molecule has 2 saturated carbocycles. The number of morpholine rings is 1. The van der Waals surface area contributed by atoms with Gasteiger partial charge in [-0.25, -0.2) is 5.43 Å². The van der Waals surface area contributed by atoms with Gasteiger partial charge in [0.15, 0.2) is 6.04 Å². The number of fused-ring (bicyclic) bond motifs is 7. The molecule has 1 spiro atoms. The minimum Gasteiger partial charge on any atom is -0.597 e. The SMILES string of the molecule is CCn1c(-c2cc(N3CCN4CCOC[C@@H]4C3)cnc2[C@H](C)OC)c2c3cc(ccc31)C1=CCCN(C1)C[C@H](NC(=O)[C@H](C1CCCC1)N1CC[C@]3(CCN(C(=O)[C@H]4[C@@H](C5CC5)N4[S+]([O-])C(C)(C)C)C3)C1)C(=O)N1CCC[C@H](N1)C(=O)OCC(C)(C)C2. The van der Waals surface area contributed by atoms with Gasteiger partial charge in [-0.15, -0.1) is 4.31 Å². The van der Waals surface area contributed by atoms with Gasteiger partial charge in [0.05, 0.1) is 67.3 Å². The van der Waals surface area contributed by atoms with Crippen molar-refractivity contribution in [2.45, 2.75) is 179 Å². The van der Waals surface area contributed by atoms with Crippen molar-refractivity contribution < 1.29 is 37.9 Å². The highest BCUT2D eigenvalue weighted by atomic mass is 32.2. The van der Waals surface area contributed by atoms with Crippen LogP contribution in [0.25, 0.3) is 27.7 Å². The predicted molar refractivity (Wildman–Crippen MR) is 338 cm³/mol. The fourth-order valence-corrected chi connectivity index (χ4v) is 18.0. The van der Waals surface area contributed by atoms with Gasteiger partial charge < -0.3 is 38.4 Å². The normalized spacial score (nSPS) is 31.3. The molecule has 2 N–H and O–H groups in total. The number of rotatable bonds is 12. The third-order valence-electron chi connectivity index (χ3n) is 21.4. The average molecular weight is 1220 g/mol. The number of amides is 3. The van der Waals surface area contributed by atoms with Crippen molar-refractivity contribution in [1.29, 1.82) is 0 Å². The lowest BCUT2D eigenvalue weighted by molar-refractivity contribution is -0.155. The predicted octanol–water partition coefficient (Wildman–Crippen LogP) is 6.55. The topological polar surface area (TPSA) is 183 Å². The van der Waals surface area contributed by atoms with Crippen LogP contribution >= 0.6 is 0 Å². The van der Waals surface area contributed by atoms with E-state index in [1.54, 1.807) is 12.1 Å². The molecule has 10 heterocycles. The number of anilines is 1. The van der Waals surface area contributed by atoms with Crippen molar-refractivity contribution in [1.82, 2.24) is 49.2 Å². The number of nitrogens with one attached hydrogen (secondary N) is 2. The van der Waals surface area contributed by atoms with Crippen LogP contribution in [0.1, 0.15) is 142 Å². The van der Waals surface area contributed by atoms with Crippen LogP contribution in [0.2, 0.25) is 0 Å². The number of cyclic esters (lactones) is 1. The van der Waals surface area contributed by atoms with Crippen molar-refractivity contribution in [3.8, 4) is 11.3 Å². The number of ether oxygens (including phenoxy) is 3. The minimum absolute atomic E-state index is 0.0672. The first-order valence-electron chi connectivity index (χ1n) is 33.3. The van der Waals surface area contributed by atoms with Gasteiger partial charge in [-0.2, -0.15) is 0 Å². The summed E-state index contributed by atoms with van der Waals surface area (Å²) in [6.07, 6.45) is 14.6. The number of hydrazine groups is 1.